The Balaban J connectivity index is 2.45. The van der Waals surface area contributed by atoms with Crippen molar-refractivity contribution in [3.05, 3.63) is 58.7 Å². The van der Waals surface area contributed by atoms with Gasteiger partial charge in [-0.1, -0.05) is 36.5 Å². The van der Waals surface area contributed by atoms with Crippen LogP contribution in [0.1, 0.15) is 12.8 Å². The van der Waals surface area contributed by atoms with Crippen molar-refractivity contribution in [2.45, 2.75) is 12.8 Å². The Labute approximate surface area is 95.6 Å². The zero-order chi connectivity index (χ0) is 11.4. The molecule has 2 aliphatic carbocycles. The smallest absolute Gasteiger partial charge is 0.0684 e. The second-order valence-electron chi connectivity index (χ2n) is 3.88. The first kappa shape index (κ1) is 11.1. The quantitative estimate of drug-likeness (QED) is 0.741. The molecule has 2 nitrogen and oxygen atoms in total. The summed E-state index contributed by atoms with van der Waals surface area (Å²) in [5.41, 5.74) is 3.96. The minimum Gasteiger partial charge on any atom is -0.392 e. The molecule has 0 aromatic carbocycles. The predicted octanol–water partition coefficient (Wildman–Crippen LogP) is 2.04. The monoisotopic (exact) mass is 216 g/mol. The summed E-state index contributed by atoms with van der Waals surface area (Å²) in [7, 11) is 0. The van der Waals surface area contributed by atoms with Crippen LogP contribution >= 0.6 is 0 Å². The largest absolute Gasteiger partial charge is 0.392 e. The fourth-order valence-corrected chi connectivity index (χ4v) is 2.05. The lowest BCUT2D eigenvalue weighted by molar-refractivity contribution is 0.330. The molecule has 16 heavy (non-hydrogen) atoms. The summed E-state index contributed by atoms with van der Waals surface area (Å²) in [6.07, 6.45) is 14.0. The number of rotatable bonds is 2. The molecule has 0 saturated carbocycles. The molecule has 0 amide bonds. The van der Waals surface area contributed by atoms with Crippen molar-refractivity contribution in [1.29, 1.82) is 0 Å². The fourth-order valence-electron chi connectivity index (χ4n) is 2.05. The van der Waals surface area contributed by atoms with Crippen LogP contribution in [0.3, 0.4) is 0 Å². The lowest BCUT2D eigenvalue weighted by Gasteiger charge is -2.18. The lowest BCUT2D eigenvalue weighted by Crippen LogP contribution is -2.05. The van der Waals surface area contributed by atoms with Crippen molar-refractivity contribution in [2.24, 2.45) is 0 Å². The molecule has 0 atom stereocenters. The number of aliphatic hydroxyl groups excluding tert-OH is 2. The Morgan fingerprint density at radius 3 is 1.62 bits per heavy atom. The summed E-state index contributed by atoms with van der Waals surface area (Å²) < 4.78 is 0. The topological polar surface area (TPSA) is 40.5 Å². The van der Waals surface area contributed by atoms with Crippen LogP contribution in [0.4, 0.5) is 0 Å². The molecule has 0 aliphatic heterocycles. The maximum absolute atomic E-state index is 9.31. The van der Waals surface area contributed by atoms with E-state index in [0.717, 1.165) is 35.1 Å². The standard InChI is InChI=1S/C14H16O2/c15-9-11-5-1-3-7-13(11)14-8-4-2-6-12(14)10-16/h3-8,15-16H,1-2,9-10H2. The van der Waals surface area contributed by atoms with E-state index in [1.54, 1.807) is 0 Å². The van der Waals surface area contributed by atoms with E-state index in [0.29, 0.717) is 0 Å². The van der Waals surface area contributed by atoms with Gasteiger partial charge >= 0.3 is 0 Å². The summed E-state index contributed by atoms with van der Waals surface area (Å²) in [6.45, 7) is 0.103. The Morgan fingerprint density at radius 2 is 1.25 bits per heavy atom. The molecule has 0 heterocycles. The van der Waals surface area contributed by atoms with Crippen LogP contribution < -0.4 is 0 Å². The number of aliphatic hydroxyl groups is 2. The van der Waals surface area contributed by atoms with Gasteiger partial charge in [-0.25, -0.2) is 0 Å². The van der Waals surface area contributed by atoms with E-state index in [4.69, 9.17) is 0 Å². The highest BCUT2D eigenvalue weighted by atomic mass is 16.3. The maximum Gasteiger partial charge on any atom is 0.0684 e. The molecule has 0 radical (unpaired) electrons. The van der Waals surface area contributed by atoms with Crippen molar-refractivity contribution in [2.75, 3.05) is 13.2 Å². The summed E-state index contributed by atoms with van der Waals surface area (Å²) >= 11 is 0. The second-order valence-corrected chi connectivity index (χ2v) is 3.88. The van der Waals surface area contributed by atoms with E-state index in [1.165, 1.54) is 0 Å². The Morgan fingerprint density at radius 1 is 0.812 bits per heavy atom. The summed E-state index contributed by atoms with van der Waals surface area (Å²) in [5, 5.41) is 18.6. The van der Waals surface area contributed by atoms with Crippen molar-refractivity contribution >= 4 is 0 Å². The molecule has 2 rings (SSSR count). The third-order valence-electron chi connectivity index (χ3n) is 2.89. The molecule has 2 aliphatic rings. The highest BCUT2D eigenvalue weighted by Crippen LogP contribution is 2.28. The van der Waals surface area contributed by atoms with Crippen LogP contribution in [0, 0.1) is 0 Å². The number of hydrogen-bond donors (Lipinski definition) is 2. The molecule has 2 heteroatoms. The first-order chi connectivity index (χ1) is 7.86. The molecule has 0 aromatic heterocycles. The first-order valence-electron chi connectivity index (χ1n) is 5.54. The molecule has 0 bridgehead atoms. The third-order valence-corrected chi connectivity index (χ3v) is 2.89. The van der Waals surface area contributed by atoms with Crippen molar-refractivity contribution in [1.82, 2.24) is 0 Å². The van der Waals surface area contributed by atoms with Crippen molar-refractivity contribution < 1.29 is 10.2 Å². The Bertz CT molecular complexity index is 380. The Kier molecular flexibility index (Phi) is 3.54. The minimum atomic E-state index is 0.0513. The van der Waals surface area contributed by atoms with Gasteiger partial charge in [-0.05, 0) is 35.1 Å². The summed E-state index contributed by atoms with van der Waals surface area (Å²) in [5.74, 6) is 0. The Hall–Kier alpha value is -1.38. The van der Waals surface area contributed by atoms with E-state index >= 15 is 0 Å². The second kappa shape index (κ2) is 5.10. The van der Waals surface area contributed by atoms with Crippen LogP contribution in [0.25, 0.3) is 0 Å². The lowest BCUT2D eigenvalue weighted by atomic mass is 9.89. The van der Waals surface area contributed by atoms with Gasteiger partial charge in [-0.3, -0.25) is 0 Å². The van der Waals surface area contributed by atoms with Crippen molar-refractivity contribution in [3.63, 3.8) is 0 Å². The van der Waals surface area contributed by atoms with Gasteiger partial charge in [0.2, 0.25) is 0 Å². The molecular formula is C14H16O2. The zero-order valence-corrected chi connectivity index (χ0v) is 9.19. The molecule has 84 valence electrons. The van der Waals surface area contributed by atoms with E-state index in [2.05, 4.69) is 12.2 Å². The van der Waals surface area contributed by atoms with Crippen LogP contribution in [-0.2, 0) is 0 Å². The van der Waals surface area contributed by atoms with Gasteiger partial charge in [0.1, 0.15) is 0 Å². The summed E-state index contributed by atoms with van der Waals surface area (Å²) in [4.78, 5) is 0. The van der Waals surface area contributed by atoms with E-state index < -0.39 is 0 Å². The van der Waals surface area contributed by atoms with Crippen LogP contribution in [0.5, 0.6) is 0 Å². The van der Waals surface area contributed by atoms with E-state index in [-0.39, 0.29) is 13.2 Å². The van der Waals surface area contributed by atoms with Gasteiger partial charge in [0, 0.05) is 0 Å². The van der Waals surface area contributed by atoms with Gasteiger partial charge in [0.15, 0.2) is 0 Å². The average molecular weight is 216 g/mol. The van der Waals surface area contributed by atoms with Gasteiger partial charge in [0.05, 0.1) is 13.2 Å². The number of hydrogen-bond acceptors (Lipinski definition) is 2. The third kappa shape index (κ3) is 2.08. The van der Waals surface area contributed by atoms with E-state index in [1.807, 2.05) is 24.3 Å². The van der Waals surface area contributed by atoms with Gasteiger partial charge in [-0.2, -0.15) is 0 Å². The first-order valence-corrected chi connectivity index (χ1v) is 5.54. The average Bonchev–Trinajstić information content (AvgIpc) is 2.38. The van der Waals surface area contributed by atoms with Gasteiger partial charge in [0.25, 0.3) is 0 Å². The normalized spacial score (nSPS) is 24.4. The van der Waals surface area contributed by atoms with Crippen LogP contribution in [-0.4, -0.2) is 23.4 Å². The fraction of sp³-hybridized carbons (Fsp3) is 0.286. The van der Waals surface area contributed by atoms with Gasteiger partial charge in [-0.15, -0.1) is 0 Å². The highest BCUT2D eigenvalue weighted by molar-refractivity contribution is 5.58. The van der Waals surface area contributed by atoms with Crippen LogP contribution in [0.15, 0.2) is 58.7 Å². The van der Waals surface area contributed by atoms with E-state index in [9.17, 15) is 10.2 Å². The molecular weight excluding hydrogens is 200 g/mol. The number of allylic oxidation sites excluding steroid dienone is 6. The van der Waals surface area contributed by atoms with Crippen molar-refractivity contribution in [3.8, 4) is 0 Å². The summed E-state index contributed by atoms with van der Waals surface area (Å²) in [6, 6.07) is 0. The molecule has 0 unspecified atom stereocenters. The highest BCUT2D eigenvalue weighted by Gasteiger charge is 2.13. The molecule has 0 aromatic rings. The SMILES string of the molecule is OCC1=CCC=CC1=C1C=CCC=C1CO. The minimum absolute atomic E-state index is 0.0513. The molecule has 0 spiro atoms. The predicted molar refractivity (Wildman–Crippen MR) is 64.9 cm³/mol. The van der Waals surface area contributed by atoms with Gasteiger partial charge < -0.3 is 10.2 Å². The molecule has 0 fully saturated rings. The van der Waals surface area contributed by atoms with Crippen LogP contribution in [0.2, 0.25) is 0 Å². The molecule has 2 N–H and O–H groups in total. The zero-order valence-electron chi connectivity index (χ0n) is 9.19. The maximum atomic E-state index is 9.31. The molecule has 0 saturated heterocycles.